The normalized spacial score (nSPS) is 14.6. The summed E-state index contributed by atoms with van der Waals surface area (Å²) in [4.78, 5) is 12.5. The van der Waals surface area contributed by atoms with E-state index in [4.69, 9.17) is 0 Å². The van der Waals surface area contributed by atoms with Gasteiger partial charge in [0.05, 0.1) is 12.3 Å². The van der Waals surface area contributed by atoms with E-state index in [1.54, 1.807) is 18.2 Å². The Bertz CT molecular complexity index is 907. The van der Waals surface area contributed by atoms with E-state index < -0.39 is 10.0 Å². The molecule has 1 aliphatic carbocycles. The van der Waals surface area contributed by atoms with Crippen molar-refractivity contribution in [3.63, 3.8) is 0 Å². The van der Waals surface area contributed by atoms with E-state index in [1.807, 2.05) is 31.2 Å². The van der Waals surface area contributed by atoms with Crippen LogP contribution in [0.2, 0.25) is 0 Å². The molecule has 0 saturated carbocycles. The Kier molecular flexibility index (Phi) is 4.81. The average Bonchev–Trinajstić information content (AvgIpc) is 3.01. The van der Waals surface area contributed by atoms with Gasteiger partial charge in [-0.3, -0.25) is 9.52 Å². The van der Waals surface area contributed by atoms with Gasteiger partial charge in [0.25, 0.3) is 5.91 Å². The predicted octanol–water partition coefficient (Wildman–Crippen LogP) is 3.04. The molecule has 0 heterocycles. The number of carbonyl (C=O) groups excluding carboxylic acids is 1. The molecule has 3 rings (SSSR count). The van der Waals surface area contributed by atoms with Crippen LogP contribution >= 0.6 is 0 Å². The molecule has 1 atom stereocenters. The molecule has 0 radical (unpaired) electrons. The van der Waals surface area contributed by atoms with Gasteiger partial charge in [-0.05, 0) is 67.1 Å². The highest BCUT2D eigenvalue weighted by Gasteiger charge is 2.16. The van der Waals surface area contributed by atoms with Crippen molar-refractivity contribution >= 4 is 21.6 Å². The molecule has 1 aliphatic rings. The van der Waals surface area contributed by atoms with Crippen LogP contribution in [-0.4, -0.2) is 20.6 Å². The van der Waals surface area contributed by atoms with Crippen LogP contribution in [0.3, 0.4) is 0 Å². The van der Waals surface area contributed by atoms with E-state index in [0.29, 0.717) is 11.3 Å². The predicted molar refractivity (Wildman–Crippen MR) is 99.3 cm³/mol. The Labute approximate surface area is 148 Å². The summed E-state index contributed by atoms with van der Waals surface area (Å²) < 4.78 is 25.2. The number of anilines is 1. The van der Waals surface area contributed by atoms with Crippen molar-refractivity contribution in [2.24, 2.45) is 0 Å². The van der Waals surface area contributed by atoms with Crippen LogP contribution < -0.4 is 10.0 Å². The summed E-state index contributed by atoms with van der Waals surface area (Å²) in [5.41, 5.74) is 4.59. The van der Waals surface area contributed by atoms with Gasteiger partial charge >= 0.3 is 0 Å². The largest absolute Gasteiger partial charge is 0.346 e. The zero-order valence-corrected chi connectivity index (χ0v) is 15.2. The number of nitrogens with one attached hydrogen (secondary N) is 2. The summed E-state index contributed by atoms with van der Waals surface area (Å²) >= 11 is 0. The van der Waals surface area contributed by atoms with Gasteiger partial charge in [-0.2, -0.15) is 0 Å². The lowest BCUT2D eigenvalue weighted by atomic mass is 10.0. The Balaban J connectivity index is 1.72. The number of fused-ring (bicyclic) bond motifs is 1. The number of aryl methyl sites for hydroxylation is 2. The molecule has 0 aromatic heterocycles. The van der Waals surface area contributed by atoms with Gasteiger partial charge < -0.3 is 5.32 Å². The molecule has 0 spiro atoms. The molecule has 5 nitrogen and oxygen atoms in total. The van der Waals surface area contributed by atoms with Crippen LogP contribution in [0, 0.1) is 0 Å². The molecular formula is C19H22N2O3S. The van der Waals surface area contributed by atoms with Crippen molar-refractivity contribution in [1.82, 2.24) is 5.32 Å². The van der Waals surface area contributed by atoms with Crippen molar-refractivity contribution in [2.75, 3.05) is 11.0 Å². The molecule has 132 valence electrons. The highest BCUT2D eigenvalue weighted by molar-refractivity contribution is 7.92. The average molecular weight is 358 g/mol. The number of benzene rings is 2. The highest BCUT2D eigenvalue weighted by atomic mass is 32.2. The molecule has 25 heavy (non-hydrogen) atoms. The maximum Gasteiger partial charge on any atom is 0.251 e. The van der Waals surface area contributed by atoms with E-state index in [1.165, 1.54) is 11.1 Å². The molecule has 0 fully saturated rings. The number of rotatable bonds is 5. The molecule has 6 heteroatoms. The highest BCUT2D eigenvalue weighted by Crippen LogP contribution is 2.23. The van der Waals surface area contributed by atoms with E-state index in [-0.39, 0.29) is 11.9 Å². The first kappa shape index (κ1) is 17.5. The number of carbonyl (C=O) groups is 1. The molecule has 0 aliphatic heterocycles. The van der Waals surface area contributed by atoms with Gasteiger partial charge in [0.15, 0.2) is 0 Å². The maximum atomic E-state index is 12.5. The zero-order valence-electron chi connectivity index (χ0n) is 14.4. The summed E-state index contributed by atoms with van der Waals surface area (Å²) in [6.07, 6.45) is 4.38. The van der Waals surface area contributed by atoms with Crippen LogP contribution in [0.15, 0.2) is 42.5 Å². The maximum absolute atomic E-state index is 12.5. The lowest BCUT2D eigenvalue weighted by Gasteiger charge is -2.16. The van der Waals surface area contributed by atoms with Crippen molar-refractivity contribution in [1.29, 1.82) is 0 Å². The summed E-state index contributed by atoms with van der Waals surface area (Å²) in [7, 11) is -3.33. The van der Waals surface area contributed by atoms with E-state index in [2.05, 4.69) is 10.0 Å². The van der Waals surface area contributed by atoms with Crippen LogP contribution in [-0.2, 0) is 22.9 Å². The Morgan fingerprint density at radius 2 is 1.84 bits per heavy atom. The van der Waals surface area contributed by atoms with Gasteiger partial charge in [-0.1, -0.05) is 18.2 Å². The lowest BCUT2D eigenvalue weighted by molar-refractivity contribution is 0.0940. The minimum atomic E-state index is -3.33. The van der Waals surface area contributed by atoms with Gasteiger partial charge in [0, 0.05) is 11.3 Å². The fraction of sp³-hybridized carbons (Fsp3) is 0.316. The first-order valence-electron chi connectivity index (χ1n) is 8.32. The second-order valence-corrected chi connectivity index (χ2v) is 8.28. The Morgan fingerprint density at radius 3 is 2.60 bits per heavy atom. The van der Waals surface area contributed by atoms with Crippen LogP contribution in [0.4, 0.5) is 5.69 Å². The monoisotopic (exact) mass is 358 g/mol. The Morgan fingerprint density at radius 1 is 1.08 bits per heavy atom. The van der Waals surface area contributed by atoms with Crippen LogP contribution in [0.5, 0.6) is 0 Å². The van der Waals surface area contributed by atoms with Crippen LogP contribution in [0.25, 0.3) is 0 Å². The number of hydrogen-bond acceptors (Lipinski definition) is 3. The third-order valence-electron chi connectivity index (χ3n) is 4.40. The number of hydrogen-bond donors (Lipinski definition) is 2. The quantitative estimate of drug-likeness (QED) is 0.863. The molecule has 1 unspecified atom stereocenters. The standard InChI is InChI=1S/C19H22N2O3S/c1-13(15-6-4-8-18(12-15)21-25(2,23)24)20-19(22)17-10-9-14-5-3-7-16(14)11-17/h4,6,8-13,21H,3,5,7H2,1-2H3,(H,20,22). The zero-order chi connectivity index (χ0) is 18.0. The fourth-order valence-corrected chi connectivity index (χ4v) is 3.72. The molecule has 2 aromatic carbocycles. The number of sulfonamides is 1. The Hall–Kier alpha value is -2.34. The van der Waals surface area contributed by atoms with Crippen LogP contribution in [0.1, 0.15) is 46.4 Å². The summed E-state index contributed by atoms with van der Waals surface area (Å²) in [5, 5.41) is 2.98. The molecule has 0 bridgehead atoms. The third-order valence-corrected chi connectivity index (χ3v) is 5.00. The van der Waals surface area contributed by atoms with Crippen molar-refractivity contribution in [3.05, 3.63) is 64.7 Å². The smallest absolute Gasteiger partial charge is 0.251 e. The van der Waals surface area contributed by atoms with Crippen molar-refractivity contribution < 1.29 is 13.2 Å². The summed E-state index contributed by atoms with van der Waals surface area (Å²) in [5.74, 6) is -0.122. The van der Waals surface area contributed by atoms with Gasteiger partial charge in [-0.25, -0.2) is 8.42 Å². The molecular weight excluding hydrogens is 336 g/mol. The summed E-state index contributed by atoms with van der Waals surface area (Å²) in [6, 6.07) is 12.7. The molecule has 0 saturated heterocycles. The minimum Gasteiger partial charge on any atom is -0.346 e. The lowest BCUT2D eigenvalue weighted by Crippen LogP contribution is -2.26. The first-order chi connectivity index (χ1) is 11.8. The van der Waals surface area contributed by atoms with Crippen molar-refractivity contribution in [2.45, 2.75) is 32.2 Å². The third kappa shape index (κ3) is 4.39. The fourth-order valence-electron chi connectivity index (χ4n) is 3.16. The second-order valence-electron chi connectivity index (χ2n) is 6.53. The first-order valence-corrected chi connectivity index (χ1v) is 10.2. The van der Waals surface area contributed by atoms with Crippen molar-refractivity contribution in [3.8, 4) is 0 Å². The topological polar surface area (TPSA) is 75.3 Å². The number of amides is 1. The molecule has 2 N–H and O–H groups in total. The minimum absolute atomic E-state index is 0.122. The van der Waals surface area contributed by atoms with E-state index >= 15 is 0 Å². The van der Waals surface area contributed by atoms with E-state index in [0.717, 1.165) is 31.1 Å². The van der Waals surface area contributed by atoms with Gasteiger partial charge in [-0.15, -0.1) is 0 Å². The van der Waals surface area contributed by atoms with Gasteiger partial charge in [0.2, 0.25) is 10.0 Å². The molecule has 1 amide bonds. The summed E-state index contributed by atoms with van der Waals surface area (Å²) in [6.45, 7) is 1.88. The second kappa shape index (κ2) is 6.88. The van der Waals surface area contributed by atoms with E-state index in [9.17, 15) is 13.2 Å². The molecule has 2 aromatic rings. The SMILES string of the molecule is CC(NC(=O)c1ccc2c(c1)CCC2)c1cccc(NS(C)(=O)=O)c1. The van der Waals surface area contributed by atoms with Gasteiger partial charge in [0.1, 0.15) is 0 Å².